The quantitative estimate of drug-likeness (QED) is 0.126. The number of rotatable bonds is 12. The van der Waals surface area contributed by atoms with Crippen molar-refractivity contribution in [3.8, 4) is 5.75 Å². The number of fused-ring (bicyclic) bond motifs is 5. The molecular formula is C37H59F3O3Si2. The molecule has 0 heterocycles. The molecule has 6 atom stereocenters. The Hall–Kier alpha value is -1.36. The normalized spacial score (nSPS) is 29.2. The Bertz CT molecular complexity index is 1250. The van der Waals surface area contributed by atoms with Crippen molar-refractivity contribution in [1.29, 1.82) is 0 Å². The molecule has 0 radical (unpaired) electrons. The van der Waals surface area contributed by atoms with Gasteiger partial charge in [-0.2, -0.15) is 8.78 Å². The average molecular weight is 665 g/mol. The molecule has 8 heteroatoms. The number of benzene rings is 1. The van der Waals surface area contributed by atoms with Crippen LogP contribution >= 0.6 is 0 Å². The Kier molecular flexibility index (Phi) is 11.1. The van der Waals surface area contributed by atoms with Gasteiger partial charge in [0, 0.05) is 0 Å². The van der Waals surface area contributed by atoms with Gasteiger partial charge in [-0.05, 0) is 141 Å². The first-order chi connectivity index (χ1) is 20.8. The van der Waals surface area contributed by atoms with Crippen LogP contribution in [-0.4, -0.2) is 36.0 Å². The van der Waals surface area contributed by atoms with E-state index in [1.165, 1.54) is 24.0 Å². The molecule has 254 valence electrons. The molecule has 0 aliphatic heterocycles. The maximum Gasteiger partial charge on any atom is 0.304 e. The first-order valence-corrected chi connectivity index (χ1v) is 23.6. The van der Waals surface area contributed by atoms with Gasteiger partial charge in [0.1, 0.15) is 11.9 Å². The first-order valence-electron chi connectivity index (χ1n) is 17.3. The molecule has 0 saturated heterocycles. The summed E-state index contributed by atoms with van der Waals surface area (Å²) in [5.41, 5.74) is 3.07. The zero-order chi connectivity index (χ0) is 33.4. The van der Waals surface area contributed by atoms with Gasteiger partial charge >= 0.3 is 6.08 Å². The summed E-state index contributed by atoms with van der Waals surface area (Å²) in [5.74, 6) is 0.515. The maximum absolute atomic E-state index is 14.2. The highest BCUT2D eigenvalue weighted by atomic mass is 28.4. The van der Waals surface area contributed by atoms with Crippen LogP contribution in [-0.2, 0) is 15.3 Å². The number of unbranched alkanes of at least 4 members (excludes halogenated alkanes) is 2. The molecule has 2 fully saturated rings. The van der Waals surface area contributed by atoms with Crippen molar-refractivity contribution < 1.29 is 26.8 Å². The van der Waals surface area contributed by atoms with Crippen LogP contribution in [0.2, 0.25) is 37.8 Å². The lowest BCUT2D eigenvalue weighted by molar-refractivity contribution is -0.0482. The topological polar surface area (TPSA) is 27.7 Å². The van der Waals surface area contributed by atoms with E-state index in [1.807, 2.05) is 19.6 Å². The Morgan fingerprint density at radius 3 is 2.36 bits per heavy atom. The molecule has 0 amide bonds. The van der Waals surface area contributed by atoms with Crippen LogP contribution in [0.3, 0.4) is 0 Å². The van der Waals surface area contributed by atoms with Crippen LogP contribution in [0.15, 0.2) is 42.3 Å². The second kappa shape index (κ2) is 13.6. The van der Waals surface area contributed by atoms with Crippen LogP contribution < -0.4 is 4.74 Å². The minimum atomic E-state index is -2.26. The largest absolute Gasteiger partial charge is 0.497 e. The highest BCUT2D eigenvalue weighted by Gasteiger charge is 2.62. The van der Waals surface area contributed by atoms with E-state index in [0.717, 1.165) is 44.3 Å². The monoisotopic (exact) mass is 664 g/mol. The summed E-state index contributed by atoms with van der Waals surface area (Å²) in [6.45, 7) is 20.0. The Labute approximate surface area is 273 Å². The van der Waals surface area contributed by atoms with E-state index in [0.29, 0.717) is 18.3 Å². The Balaban J connectivity index is 1.57. The van der Waals surface area contributed by atoms with Gasteiger partial charge in [0.2, 0.25) is 0 Å². The van der Waals surface area contributed by atoms with Crippen molar-refractivity contribution in [3.05, 3.63) is 53.4 Å². The van der Waals surface area contributed by atoms with E-state index in [1.54, 1.807) is 7.11 Å². The van der Waals surface area contributed by atoms with Crippen LogP contribution in [0.25, 0.3) is 0 Å². The zero-order valence-corrected chi connectivity index (χ0v) is 31.6. The van der Waals surface area contributed by atoms with Gasteiger partial charge in [-0.3, -0.25) is 0 Å². The predicted molar refractivity (Wildman–Crippen MR) is 185 cm³/mol. The number of hydrogen-bond donors (Lipinski definition) is 0. The molecule has 4 rings (SSSR count). The molecule has 1 aromatic carbocycles. The van der Waals surface area contributed by atoms with Gasteiger partial charge < -0.3 is 13.6 Å². The third-order valence-electron chi connectivity index (χ3n) is 11.8. The fourth-order valence-electron chi connectivity index (χ4n) is 8.52. The lowest BCUT2D eigenvalue weighted by Gasteiger charge is -2.58. The predicted octanol–water partition coefficient (Wildman–Crippen LogP) is 11.7. The second-order valence-electron chi connectivity index (χ2n) is 16.8. The molecule has 2 saturated carbocycles. The number of hydrogen-bond acceptors (Lipinski definition) is 3. The highest BCUT2D eigenvalue weighted by Crippen LogP contribution is 2.68. The molecule has 3 aliphatic carbocycles. The van der Waals surface area contributed by atoms with Crippen LogP contribution in [0.1, 0.15) is 103 Å². The zero-order valence-electron chi connectivity index (χ0n) is 29.6. The Morgan fingerprint density at radius 1 is 1.02 bits per heavy atom. The molecular weight excluding hydrogens is 606 g/mol. The van der Waals surface area contributed by atoms with E-state index < -0.39 is 34.6 Å². The second-order valence-corrected chi connectivity index (χ2v) is 26.0. The van der Waals surface area contributed by atoms with E-state index in [-0.39, 0.29) is 28.4 Å². The third kappa shape index (κ3) is 7.70. The van der Waals surface area contributed by atoms with Crippen molar-refractivity contribution in [2.45, 2.75) is 148 Å². The van der Waals surface area contributed by atoms with Crippen LogP contribution in [0.4, 0.5) is 13.2 Å². The van der Waals surface area contributed by atoms with Crippen molar-refractivity contribution in [1.82, 2.24) is 0 Å². The van der Waals surface area contributed by atoms with E-state index in [4.69, 9.17) is 13.6 Å². The first kappa shape index (κ1) is 36.5. The summed E-state index contributed by atoms with van der Waals surface area (Å²) < 4.78 is 59.1. The smallest absolute Gasteiger partial charge is 0.304 e. The van der Waals surface area contributed by atoms with Gasteiger partial charge in [-0.1, -0.05) is 52.3 Å². The van der Waals surface area contributed by atoms with Gasteiger partial charge in [0.25, 0.3) is 0 Å². The van der Waals surface area contributed by atoms with Crippen LogP contribution in [0.5, 0.6) is 5.75 Å². The van der Waals surface area contributed by atoms with Gasteiger partial charge in [0.15, 0.2) is 22.5 Å². The van der Waals surface area contributed by atoms with Crippen molar-refractivity contribution in [2.75, 3.05) is 7.11 Å². The fourth-order valence-corrected chi connectivity index (χ4v) is 11.0. The van der Waals surface area contributed by atoms with E-state index in [9.17, 15) is 13.2 Å². The molecule has 0 unspecified atom stereocenters. The molecule has 0 aromatic heterocycles. The highest BCUT2D eigenvalue weighted by molar-refractivity contribution is 6.74. The summed E-state index contributed by atoms with van der Waals surface area (Å²) in [6.07, 6.45) is 11.1. The summed E-state index contributed by atoms with van der Waals surface area (Å²) in [7, 11) is -2.36. The minimum absolute atomic E-state index is 0.0514. The molecule has 45 heavy (non-hydrogen) atoms. The van der Waals surface area contributed by atoms with E-state index in [2.05, 4.69) is 71.1 Å². The molecule has 0 spiro atoms. The molecule has 0 bridgehead atoms. The fraction of sp³-hybridized carbons (Fsp3) is 0.730. The van der Waals surface area contributed by atoms with Gasteiger partial charge in [0.05, 0.1) is 13.2 Å². The summed E-state index contributed by atoms with van der Waals surface area (Å²) >= 11 is 0. The lowest BCUT2D eigenvalue weighted by Crippen LogP contribution is -2.53. The molecule has 3 nitrogen and oxygen atoms in total. The van der Waals surface area contributed by atoms with Crippen LogP contribution in [0, 0.1) is 16.7 Å². The molecule has 1 aromatic rings. The minimum Gasteiger partial charge on any atom is -0.497 e. The average Bonchev–Trinajstić information content (AvgIpc) is 3.27. The summed E-state index contributed by atoms with van der Waals surface area (Å²) in [6, 6.07) is 6.67. The maximum atomic E-state index is 14.2. The standard InChI is InChI=1S/C37H59F3O3Si2/c1-35(2,3)45(9,10)43-32-19-18-31-36(32,4)23-21-29-28-17-16-27(41-5)25-26(28)20-24-37(29,31)22-14-12-11-13-15-30(33(38)34(39)40)42-44(6,7)8/h14,16-17,22,25,29-32H,11-13,15,18-21,23-24H2,1-10H3/t29-,30-,31-,32+,36+,37-/m1/s1. The number of aryl methyl sites for hydroxylation is 1. The summed E-state index contributed by atoms with van der Waals surface area (Å²) in [5, 5.41) is 0.173. The summed E-state index contributed by atoms with van der Waals surface area (Å²) in [4.78, 5) is 0. The van der Waals surface area contributed by atoms with Gasteiger partial charge in [-0.15, -0.1) is 0 Å². The lowest BCUT2D eigenvalue weighted by atomic mass is 9.47. The van der Waals surface area contributed by atoms with Gasteiger partial charge in [-0.25, -0.2) is 4.39 Å². The van der Waals surface area contributed by atoms with Crippen molar-refractivity contribution in [2.24, 2.45) is 16.7 Å². The number of halogens is 3. The van der Waals surface area contributed by atoms with Crippen molar-refractivity contribution >= 4 is 16.6 Å². The molecule has 0 N–H and O–H groups in total. The molecule has 3 aliphatic rings. The van der Waals surface area contributed by atoms with Crippen molar-refractivity contribution in [3.63, 3.8) is 0 Å². The van der Waals surface area contributed by atoms with E-state index >= 15 is 0 Å². The SMILES string of the molecule is COc1ccc2c(c1)CC[C@]1(C=CCCCC[C@@H](O[Si](C)(C)C)C(F)=C(F)F)[C@@H]2CC[C@]2(C)[C@@H](O[Si](C)(C)C(C)(C)C)CC[C@H]21. The number of allylic oxidation sites excluding steroid dienone is 2. The number of methoxy groups -OCH3 is 1. The Morgan fingerprint density at radius 2 is 1.73 bits per heavy atom. The third-order valence-corrected chi connectivity index (χ3v) is 17.3. The number of ether oxygens (including phenoxy) is 1.